The molecule has 1 aliphatic rings. The molecule has 2 heteroatoms. The van der Waals surface area contributed by atoms with Gasteiger partial charge in [0.1, 0.15) is 0 Å². The molecule has 78 valence electrons. The number of hydrogen-bond donors (Lipinski definition) is 1. The maximum Gasteiger partial charge on any atom is 0.0575 e. The summed E-state index contributed by atoms with van der Waals surface area (Å²) >= 11 is 0. The molecule has 0 aromatic rings. The summed E-state index contributed by atoms with van der Waals surface area (Å²) < 4.78 is 5.74. The van der Waals surface area contributed by atoms with Crippen LogP contribution < -0.4 is 5.73 Å². The Balaban J connectivity index is 1.88. The molecule has 0 radical (unpaired) electrons. The minimum absolute atomic E-state index is 0.382. The van der Waals surface area contributed by atoms with Gasteiger partial charge in [-0.2, -0.15) is 0 Å². The first-order chi connectivity index (χ1) is 6.33. The second kappa shape index (κ2) is 6.39. The fourth-order valence-corrected chi connectivity index (χ4v) is 1.85. The van der Waals surface area contributed by atoms with E-state index in [1.807, 2.05) is 0 Å². The van der Waals surface area contributed by atoms with Gasteiger partial charge in [-0.3, -0.25) is 0 Å². The minimum atomic E-state index is 0.382. The third-order valence-electron chi connectivity index (χ3n) is 2.90. The second-order valence-corrected chi connectivity index (χ2v) is 4.09. The largest absolute Gasteiger partial charge is 0.378 e. The van der Waals surface area contributed by atoms with E-state index in [0.717, 1.165) is 25.9 Å². The third kappa shape index (κ3) is 4.63. The molecule has 2 nitrogen and oxygen atoms in total. The van der Waals surface area contributed by atoms with Crippen LogP contribution >= 0.6 is 0 Å². The van der Waals surface area contributed by atoms with Gasteiger partial charge in [0.25, 0.3) is 0 Å². The van der Waals surface area contributed by atoms with Crippen LogP contribution in [0.25, 0.3) is 0 Å². The molecule has 1 saturated carbocycles. The Morgan fingerprint density at radius 1 is 1.38 bits per heavy atom. The lowest BCUT2D eigenvalue weighted by Gasteiger charge is -2.12. The maximum absolute atomic E-state index is 5.81. The third-order valence-corrected chi connectivity index (χ3v) is 2.90. The molecule has 1 aliphatic carbocycles. The molecular formula is C11H23NO. The van der Waals surface area contributed by atoms with E-state index in [-0.39, 0.29) is 0 Å². The number of hydrogen-bond acceptors (Lipinski definition) is 2. The molecular weight excluding hydrogens is 162 g/mol. The van der Waals surface area contributed by atoms with E-state index in [2.05, 4.69) is 6.92 Å². The van der Waals surface area contributed by atoms with Gasteiger partial charge in [0.05, 0.1) is 6.10 Å². The predicted molar refractivity (Wildman–Crippen MR) is 55.7 cm³/mol. The van der Waals surface area contributed by atoms with E-state index >= 15 is 0 Å². The van der Waals surface area contributed by atoms with Crippen LogP contribution in [0.4, 0.5) is 0 Å². The van der Waals surface area contributed by atoms with Gasteiger partial charge in [0, 0.05) is 12.6 Å². The van der Waals surface area contributed by atoms with Crippen LogP contribution in [0.3, 0.4) is 0 Å². The van der Waals surface area contributed by atoms with Crippen LogP contribution in [0, 0.1) is 0 Å². The van der Waals surface area contributed by atoms with E-state index in [9.17, 15) is 0 Å². The zero-order valence-electron chi connectivity index (χ0n) is 8.80. The Kier molecular flexibility index (Phi) is 5.40. The number of ether oxygens (including phenoxy) is 1. The van der Waals surface area contributed by atoms with Crippen LogP contribution in [0.15, 0.2) is 0 Å². The summed E-state index contributed by atoms with van der Waals surface area (Å²) in [5, 5.41) is 0. The summed E-state index contributed by atoms with van der Waals surface area (Å²) in [6, 6.07) is 0.382. The van der Waals surface area contributed by atoms with E-state index < -0.39 is 0 Å². The summed E-state index contributed by atoms with van der Waals surface area (Å²) in [6.07, 6.45) is 9.17. The van der Waals surface area contributed by atoms with Crippen LogP contribution in [0.5, 0.6) is 0 Å². The molecule has 1 fully saturated rings. The van der Waals surface area contributed by atoms with E-state index in [4.69, 9.17) is 10.5 Å². The first-order valence-corrected chi connectivity index (χ1v) is 5.70. The summed E-state index contributed by atoms with van der Waals surface area (Å²) in [5.74, 6) is 0. The Hall–Kier alpha value is -0.0800. The van der Waals surface area contributed by atoms with Gasteiger partial charge in [-0.05, 0) is 32.1 Å². The van der Waals surface area contributed by atoms with E-state index in [1.165, 1.54) is 25.7 Å². The standard InChI is InChI=1S/C11H23NO/c1-2-10(12)6-5-9-13-11-7-3-4-8-11/h10-11H,2-9,12H2,1H3. The lowest BCUT2D eigenvalue weighted by molar-refractivity contribution is 0.0551. The zero-order chi connectivity index (χ0) is 9.52. The maximum atomic E-state index is 5.81. The molecule has 0 bridgehead atoms. The molecule has 0 heterocycles. The summed E-state index contributed by atoms with van der Waals surface area (Å²) in [7, 11) is 0. The molecule has 0 saturated heterocycles. The Morgan fingerprint density at radius 3 is 2.69 bits per heavy atom. The number of rotatable bonds is 6. The average Bonchev–Trinajstić information content (AvgIpc) is 2.64. The van der Waals surface area contributed by atoms with E-state index in [1.54, 1.807) is 0 Å². The van der Waals surface area contributed by atoms with Crippen molar-refractivity contribution in [3.63, 3.8) is 0 Å². The van der Waals surface area contributed by atoms with Gasteiger partial charge in [-0.25, -0.2) is 0 Å². The highest BCUT2D eigenvalue weighted by molar-refractivity contribution is 4.66. The zero-order valence-corrected chi connectivity index (χ0v) is 8.80. The average molecular weight is 185 g/mol. The molecule has 0 aromatic heterocycles. The highest BCUT2D eigenvalue weighted by Gasteiger charge is 2.14. The molecule has 1 unspecified atom stereocenters. The highest BCUT2D eigenvalue weighted by Crippen LogP contribution is 2.21. The monoisotopic (exact) mass is 185 g/mol. The van der Waals surface area contributed by atoms with Crippen molar-refractivity contribution >= 4 is 0 Å². The van der Waals surface area contributed by atoms with Crippen molar-refractivity contribution in [3.8, 4) is 0 Å². The van der Waals surface area contributed by atoms with Crippen molar-refractivity contribution < 1.29 is 4.74 Å². The quantitative estimate of drug-likeness (QED) is 0.645. The topological polar surface area (TPSA) is 35.2 Å². The van der Waals surface area contributed by atoms with Crippen molar-refractivity contribution in [2.75, 3.05) is 6.61 Å². The predicted octanol–water partition coefficient (Wildman–Crippen LogP) is 2.46. The van der Waals surface area contributed by atoms with Gasteiger partial charge in [0.2, 0.25) is 0 Å². The van der Waals surface area contributed by atoms with Gasteiger partial charge < -0.3 is 10.5 Å². The van der Waals surface area contributed by atoms with E-state index in [0.29, 0.717) is 12.1 Å². The number of nitrogens with two attached hydrogens (primary N) is 1. The Morgan fingerprint density at radius 2 is 2.08 bits per heavy atom. The molecule has 1 atom stereocenters. The van der Waals surface area contributed by atoms with Crippen molar-refractivity contribution in [1.29, 1.82) is 0 Å². The lowest BCUT2D eigenvalue weighted by atomic mass is 10.1. The normalized spacial score (nSPS) is 20.8. The van der Waals surface area contributed by atoms with Crippen molar-refractivity contribution in [2.45, 2.75) is 64.0 Å². The fourth-order valence-electron chi connectivity index (χ4n) is 1.85. The molecule has 0 spiro atoms. The fraction of sp³-hybridized carbons (Fsp3) is 1.00. The first kappa shape index (κ1) is 11.0. The molecule has 1 rings (SSSR count). The summed E-state index contributed by atoms with van der Waals surface area (Å²) in [6.45, 7) is 3.06. The molecule has 0 aliphatic heterocycles. The second-order valence-electron chi connectivity index (χ2n) is 4.09. The van der Waals surface area contributed by atoms with Crippen LogP contribution in [-0.4, -0.2) is 18.8 Å². The highest BCUT2D eigenvalue weighted by atomic mass is 16.5. The lowest BCUT2D eigenvalue weighted by Crippen LogP contribution is -2.19. The Labute approximate surface area is 81.8 Å². The van der Waals surface area contributed by atoms with Crippen molar-refractivity contribution in [1.82, 2.24) is 0 Å². The van der Waals surface area contributed by atoms with Gasteiger partial charge in [-0.1, -0.05) is 19.8 Å². The smallest absolute Gasteiger partial charge is 0.0575 e. The van der Waals surface area contributed by atoms with Crippen LogP contribution in [0.2, 0.25) is 0 Å². The Bertz CT molecular complexity index is 121. The molecule has 0 amide bonds. The van der Waals surface area contributed by atoms with Gasteiger partial charge >= 0.3 is 0 Å². The molecule has 13 heavy (non-hydrogen) atoms. The van der Waals surface area contributed by atoms with Crippen molar-refractivity contribution in [2.24, 2.45) is 5.73 Å². The first-order valence-electron chi connectivity index (χ1n) is 5.70. The van der Waals surface area contributed by atoms with Crippen LogP contribution in [-0.2, 0) is 4.74 Å². The minimum Gasteiger partial charge on any atom is -0.378 e. The molecule has 2 N–H and O–H groups in total. The van der Waals surface area contributed by atoms with Crippen LogP contribution in [0.1, 0.15) is 51.9 Å². The van der Waals surface area contributed by atoms with Gasteiger partial charge in [-0.15, -0.1) is 0 Å². The van der Waals surface area contributed by atoms with Gasteiger partial charge in [0.15, 0.2) is 0 Å². The summed E-state index contributed by atoms with van der Waals surface area (Å²) in [5.41, 5.74) is 5.81. The SMILES string of the molecule is CCC(N)CCCOC1CCCC1. The van der Waals surface area contributed by atoms with Crippen molar-refractivity contribution in [3.05, 3.63) is 0 Å². The summed E-state index contributed by atoms with van der Waals surface area (Å²) in [4.78, 5) is 0. The molecule has 0 aromatic carbocycles.